The minimum atomic E-state index is 0.369. The van der Waals surface area contributed by atoms with Crippen molar-refractivity contribution in [1.29, 1.82) is 0 Å². The van der Waals surface area contributed by atoms with E-state index in [1.165, 1.54) is 12.8 Å². The van der Waals surface area contributed by atoms with E-state index in [1.54, 1.807) is 0 Å². The molecule has 0 bridgehead atoms. The highest BCUT2D eigenvalue weighted by Gasteiger charge is 2.21. The largest absolute Gasteiger partial charge is 0.325 e. The number of aliphatic imine (C=N–C) groups is 1. The van der Waals surface area contributed by atoms with Gasteiger partial charge in [-0.2, -0.15) is 11.8 Å². The van der Waals surface area contributed by atoms with E-state index in [4.69, 9.17) is 10.8 Å². The second-order valence-electron chi connectivity index (χ2n) is 4.79. The normalized spacial score (nSPS) is 24.0. The van der Waals surface area contributed by atoms with Gasteiger partial charge in [0.1, 0.15) is 0 Å². The molecule has 4 nitrogen and oxygen atoms in total. The predicted octanol–water partition coefficient (Wildman–Crippen LogP) is 2.59. The number of benzene rings is 1. The molecule has 2 unspecified atom stereocenters. The van der Waals surface area contributed by atoms with Gasteiger partial charge < -0.3 is 5.32 Å². The molecule has 5 heteroatoms. The molecule has 2 atom stereocenters. The predicted molar refractivity (Wildman–Crippen MR) is 84.4 cm³/mol. The second-order valence-corrected chi connectivity index (χ2v) is 5.93. The zero-order valence-corrected chi connectivity index (χ0v) is 12.1. The van der Waals surface area contributed by atoms with Crippen LogP contribution in [0.3, 0.4) is 0 Å². The van der Waals surface area contributed by atoms with E-state index in [0.29, 0.717) is 12.0 Å². The maximum absolute atomic E-state index is 5.56. The fourth-order valence-corrected chi connectivity index (χ4v) is 3.22. The first kappa shape index (κ1) is 14.2. The summed E-state index contributed by atoms with van der Waals surface area (Å²) in [7, 11) is 0. The maximum atomic E-state index is 5.56. The molecule has 19 heavy (non-hydrogen) atoms. The molecule has 4 N–H and O–H groups in total. The van der Waals surface area contributed by atoms with Crippen LogP contribution in [-0.4, -0.2) is 23.5 Å². The van der Waals surface area contributed by atoms with Crippen molar-refractivity contribution >= 4 is 23.4 Å². The summed E-state index contributed by atoms with van der Waals surface area (Å²) in [5.74, 6) is 6.21. The van der Waals surface area contributed by atoms with Gasteiger partial charge >= 0.3 is 0 Å². The zero-order valence-electron chi connectivity index (χ0n) is 11.3. The second kappa shape index (κ2) is 7.40. The number of nitrogens with zero attached hydrogens (tertiary/aromatic N) is 1. The summed E-state index contributed by atoms with van der Waals surface area (Å²) in [6.07, 6.45) is 7.04. The van der Waals surface area contributed by atoms with Crippen molar-refractivity contribution < 1.29 is 0 Å². The molecule has 1 aliphatic rings. The lowest BCUT2D eigenvalue weighted by Gasteiger charge is -2.26. The molecule has 1 aromatic carbocycles. The minimum Gasteiger partial charge on any atom is -0.325 e. The van der Waals surface area contributed by atoms with Gasteiger partial charge in [-0.3, -0.25) is 5.43 Å². The number of anilines is 1. The monoisotopic (exact) mass is 278 g/mol. The molecule has 104 valence electrons. The van der Waals surface area contributed by atoms with Crippen molar-refractivity contribution in [2.45, 2.75) is 37.0 Å². The summed E-state index contributed by atoms with van der Waals surface area (Å²) in [5, 5.41) is 3.95. The lowest BCUT2D eigenvalue weighted by atomic mass is 9.95. The van der Waals surface area contributed by atoms with Crippen LogP contribution in [0.15, 0.2) is 35.3 Å². The highest BCUT2D eigenvalue weighted by atomic mass is 32.2. The molecule has 1 aromatic rings. The third-order valence-corrected chi connectivity index (χ3v) is 4.51. The van der Waals surface area contributed by atoms with E-state index in [2.05, 4.69) is 17.0 Å². The molecule has 0 amide bonds. The van der Waals surface area contributed by atoms with Crippen molar-refractivity contribution in [3.05, 3.63) is 30.3 Å². The Morgan fingerprint density at radius 1 is 1.32 bits per heavy atom. The third-order valence-electron chi connectivity index (χ3n) is 3.42. The topological polar surface area (TPSA) is 62.4 Å². The number of para-hydroxylation sites is 1. The zero-order chi connectivity index (χ0) is 13.5. The Balaban J connectivity index is 1.98. The summed E-state index contributed by atoms with van der Waals surface area (Å²) < 4.78 is 0. The fraction of sp³-hybridized carbons (Fsp3) is 0.500. The molecule has 1 fully saturated rings. The van der Waals surface area contributed by atoms with Crippen LogP contribution in [0.5, 0.6) is 0 Å². The van der Waals surface area contributed by atoms with Gasteiger partial charge in [0.05, 0.1) is 6.04 Å². The van der Waals surface area contributed by atoms with Crippen molar-refractivity contribution in [2.24, 2.45) is 10.8 Å². The lowest BCUT2D eigenvalue weighted by Crippen LogP contribution is -2.38. The molecule has 2 rings (SSSR count). The van der Waals surface area contributed by atoms with E-state index in [-0.39, 0.29) is 0 Å². The number of nitrogens with two attached hydrogens (primary N) is 1. The van der Waals surface area contributed by atoms with Crippen molar-refractivity contribution in [3.8, 4) is 0 Å². The number of hydrogen-bond donors (Lipinski definition) is 3. The van der Waals surface area contributed by atoms with Gasteiger partial charge in [0.15, 0.2) is 0 Å². The standard InChI is InChI=1S/C14H22N4S/c1-19-13-9-5-8-12(10-13)17-14(18-15)16-11-6-3-2-4-7-11/h2-4,6-7,12-13H,5,8-10,15H2,1H3,(H2,16,17,18). The van der Waals surface area contributed by atoms with Crippen LogP contribution in [0, 0.1) is 0 Å². The number of rotatable bonds is 3. The summed E-state index contributed by atoms with van der Waals surface area (Å²) in [5.41, 5.74) is 3.66. The quantitative estimate of drug-likeness (QED) is 0.344. The average Bonchev–Trinajstić information content (AvgIpc) is 2.48. The van der Waals surface area contributed by atoms with E-state index in [9.17, 15) is 0 Å². The smallest absolute Gasteiger partial charge is 0.210 e. The summed E-state index contributed by atoms with van der Waals surface area (Å²) in [6, 6.07) is 10.3. The summed E-state index contributed by atoms with van der Waals surface area (Å²) in [6.45, 7) is 0. The molecular weight excluding hydrogens is 256 g/mol. The van der Waals surface area contributed by atoms with Crippen LogP contribution in [0.2, 0.25) is 0 Å². The van der Waals surface area contributed by atoms with E-state index in [0.717, 1.165) is 23.8 Å². The van der Waals surface area contributed by atoms with E-state index < -0.39 is 0 Å². The van der Waals surface area contributed by atoms with Gasteiger partial charge in [-0.25, -0.2) is 10.8 Å². The van der Waals surface area contributed by atoms with Crippen LogP contribution in [0.1, 0.15) is 25.7 Å². The number of hydrazine groups is 1. The molecule has 1 aliphatic carbocycles. The van der Waals surface area contributed by atoms with Gasteiger partial charge in [0.2, 0.25) is 5.96 Å². The molecule has 0 heterocycles. The Morgan fingerprint density at radius 3 is 2.79 bits per heavy atom. The Labute approximate surface area is 119 Å². The highest BCUT2D eigenvalue weighted by molar-refractivity contribution is 7.99. The van der Waals surface area contributed by atoms with E-state index in [1.807, 2.05) is 42.1 Å². The van der Waals surface area contributed by atoms with Crippen LogP contribution in [0.4, 0.5) is 5.69 Å². The maximum Gasteiger partial charge on any atom is 0.210 e. The molecule has 0 radical (unpaired) electrons. The van der Waals surface area contributed by atoms with E-state index >= 15 is 0 Å². The molecule has 1 saturated carbocycles. The first-order valence-electron chi connectivity index (χ1n) is 6.71. The first-order chi connectivity index (χ1) is 9.31. The third kappa shape index (κ3) is 4.44. The first-order valence-corrected chi connectivity index (χ1v) is 8.00. The van der Waals surface area contributed by atoms with Crippen LogP contribution < -0.4 is 16.6 Å². The molecule has 0 spiro atoms. The van der Waals surface area contributed by atoms with Gasteiger partial charge in [-0.15, -0.1) is 0 Å². The number of nitrogens with one attached hydrogen (secondary N) is 2. The number of hydrogen-bond acceptors (Lipinski definition) is 3. The van der Waals surface area contributed by atoms with Crippen molar-refractivity contribution in [2.75, 3.05) is 11.6 Å². The minimum absolute atomic E-state index is 0.369. The average molecular weight is 278 g/mol. The van der Waals surface area contributed by atoms with Crippen molar-refractivity contribution in [3.63, 3.8) is 0 Å². The van der Waals surface area contributed by atoms with Crippen LogP contribution in [0.25, 0.3) is 0 Å². The Morgan fingerprint density at radius 2 is 2.11 bits per heavy atom. The lowest BCUT2D eigenvalue weighted by molar-refractivity contribution is 0.452. The Hall–Kier alpha value is -1.20. The van der Waals surface area contributed by atoms with Gasteiger partial charge in [-0.1, -0.05) is 24.6 Å². The molecule has 0 aromatic heterocycles. The summed E-state index contributed by atoms with van der Waals surface area (Å²) in [4.78, 5) is 4.70. The van der Waals surface area contributed by atoms with Crippen LogP contribution in [-0.2, 0) is 0 Å². The summed E-state index contributed by atoms with van der Waals surface area (Å²) >= 11 is 1.95. The van der Waals surface area contributed by atoms with Gasteiger partial charge in [0.25, 0.3) is 0 Å². The molecule has 0 saturated heterocycles. The van der Waals surface area contributed by atoms with Crippen molar-refractivity contribution in [1.82, 2.24) is 5.43 Å². The van der Waals surface area contributed by atoms with Gasteiger partial charge in [-0.05, 0) is 37.7 Å². The van der Waals surface area contributed by atoms with Gasteiger partial charge in [0, 0.05) is 10.9 Å². The Bertz CT molecular complexity index is 407. The van der Waals surface area contributed by atoms with Crippen LogP contribution >= 0.6 is 11.8 Å². The number of thioether (sulfide) groups is 1. The SMILES string of the molecule is CSC1CCCC(N=C(NN)Nc2ccccc2)C1. The molecular formula is C14H22N4S. The number of guanidine groups is 1. The fourth-order valence-electron chi connectivity index (χ4n) is 2.40. The highest BCUT2D eigenvalue weighted by Crippen LogP contribution is 2.28. The molecule has 0 aliphatic heterocycles. The Kier molecular flexibility index (Phi) is 5.54.